The molecule has 90 valence electrons. The van der Waals surface area contributed by atoms with Crippen molar-refractivity contribution in [3.8, 4) is 5.88 Å². The number of rotatable bonds is 6. The fourth-order valence-corrected chi connectivity index (χ4v) is 1.39. The Morgan fingerprint density at radius 3 is 2.75 bits per heavy atom. The predicted octanol–water partition coefficient (Wildman–Crippen LogP) is 0.540. The van der Waals surface area contributed by atoms with Gasteiger partial charge in [-0.25, -0.2) is 4.98 Å². The average Bonchev–Trinajstić information content (AvgIpc) is 2.29. The first-order valence-corrected chi connectivity index (χ1v) is 5.05. The average molecular weight is 226 g/mol. The van der Waals surface area contributed by atoms with E-state index in [1.165, 1.54) is 13.4 Å². The van der Waals surface area contributed by atoms with E-state index in [-0.39, 0.29) is 0 Å². The van der Waals surface area contributed by atoms with Gasteiger partial charge in [0.25, 0.3) is 0 Å². The molecule has 0 atom stereocenters. The fraction of sp³-hybridized carbons (Fsp3) is 0.600. The molecule has 2 N–H and O–H groups in total. The molecule has 6 nitrogen and oxygen atoms in total. The van der Waals surface area contributed by atoms with Gasteiger partial charge in [0.2, 0.25) is 5.88 Å². The van der Waals surface area contributed by atoms with E-state index < -0.39 is 0 Å². The van der Waals surface area contributed by atoms with Gasteiger partial charge in [0.1, 0.15) is 12.0 Å². The number of hydrogen-bond donors (Lipinski definition) is 1. The van der Waals surface area contributed by atoms with Crippen LogP contribution >= 0.6 is 0 Å². The third-order valence-electron chi connectivity index (χ3n) is 2.22. The van der Waals surface area contributed by atoms with Crippen LogP contribution in [-0.2, 0) is 4.74 Å². The first-order chi connectivity index (χ1) is 7.70. The summed E-state index contributed by atoms with van der Waals surface area (Å²) in [4.78, 5) is 10.0. The minimum atomic E-state index is 0.406. The van der Waals surface area contributed by atoms with Gasteiger partial charge in [-0.1, -0.05) is 0 Å². The Morgan fingerprint density at radius 1 is 1.38 bits per heavy atom. The molecule has 0 aromatic carbocycles. The molecular weight excluding hydrogens is 208 g/mol. The van der Waals surface area contributed by atoms with Gasteiger partial charge in [0.15, 0.2) is 5.82 Å². The van der Waals surface area contributed by atoms with Crippen molar-refractivity contribution in [1.82, 2.24) is 9.97 Å². The molecule has 0 amide bonds. The summed E-state index contributed by atoms with van der Waals surface area (Å²) in [6.07, 6.45) is 2.36. The molecular formula is C10H18N4O2. The highest BCUT2D eigenvalue weighted by atomic mass is 16.5. The second-order valence-corrected chi connectivity index (χ2v) is 3.39. The monoisotopic (exact) mass is 226 g/mol. The smallest absolute Gasteiger partial charge is 0.242 e. The molecule has 0 saturated heterocycles. The van der Waals surface area contributed by atoms with E-state index in [1.54, 1.807) is 7.11 Å². The van der Waals surface area contributed by atoms with Gasteiger partial charge in [-0.2, -0.15) is 4.98 Å². The van der Waals surface area contributed by atoms with E-state index >= 15 is 0 Å². The standard InChI is InChI=1S/C10H18N4O2/c1-14(5-4-6-15-2)9-8(11)10(16-3)13-7-12-9/h7H,4-6,11H2,1-3H3. The first-order valence-electron chi connectivity index (χ1n) is 5.05. The number of methoxy groups -OCH3 is 2. The molecule has 0 spiro atoms. The Hall–Kier alpha value is -1.56. The van der Waals surface area contributed by atoms with E-state index in [1.807, 2.05) is 11.9 Å². The molecule has 1 heterocycles. The number of aromatic nitrogens is 2. The first kappa shape index (κ1) is 12.5. The van der Waals surface area contributed by atoms with Crippen molar-refractivity contribution >= 4 is 11.5 Å². The molecule has 0 aliphatic rings. The van der Waals surface area contributed by atoms with E-state index in [2.05, 4.69) is 9.97 Å². The van der Waals surface area contributed by atoms with E-state index in [0.29, 0.717) is 24.0 Å². The molecule has 6 heteroatoms. The van der Waals surface area contributed by atoms with Crippen molar-refractivity contribution in [1.29, 1.82) is 0 Å². The number of ether oxygens (including phenoxy) is 2. The lowest BCUT2D eigenvalue weighted by atomic mass is 10.3. The Balaban J connectivity index is 2.71. The van der Waals surface area contributed by atoms with Crippen molar-refractivity contribution in [2.45, 2.75) is 6.42 Å². The molecule has 1 aromatic rings. The second kappa shape index (κ2) is 6.12. The Bertz CT molecular complexity index is 333. The number of nitrogens with two attached hydrogens (primary N) is 1. The van der Waals surface area contributed by atoms with Crippen LogP contribution in [0.15, 0.2) is 6.33 Å². The third kappa shape index (κ3) is 2.96. The topological polar surface area (TPSA) is 73.5 Å². The maximum atomic E-state index is 5.88. The van der Waals surface area contributed by atoms with Crippen molar-refractivity contribution in [2.75, 3.05) is 45.1 Å². The van der Waals surface area contributed by atoms with Gasteiger partial charge in [0, 0.05) is 27.3 Å². The zero-order valence-electron chi connectivity index (χ0n) is 9.93. The van der Waals surface area contributed by atoms with Crippen LogP contribution in [0.3, 0.4) is 0 Å². The molecule has 0 fully saturated rings. The van der Waals surface area contributed by atoms with Crippen LogP contribution in [0.1, 0.15) is 6.42 Å². The fourth-order valence-electron chi connectivity index (χ4n) is 1.39. The molecule has 0 saturated carbocycles. The lowest BCUT2D eigenvalue weighted by molar-refractivity contribution is 0.196. The molecule has 1 aromatic heterocycles. The van der Waals surface area contributed by atoms with Crippen molar-refractivity contribution in [2.24, 2.45) is 0 Å². The second-order valence-electron chi connectivity index (χ2n) is 3.39. The summed E-state index contributed by atoms with van der Waals surface area (Å²) in [5, 5.41) is 0. The van der Waals surface area contributed by atoms with Gasteiger partial charge in [-0.05, 0) is 6.42 Å². The number of nitrogens with zero attached hydrogens (tertiary/aromatic N) is 3. The van der Waals surface area contributed by atoms with Gasteiger partial charge in [-0.15, -0.1) is 0 Å². The van der Waals surface area contributed by atoms with Crippen LogP contribution in [0.2, 0.25) is 0 Å². The molecule has 0 bridgehead atoms. The molecule has 0 aliphatic heterocycles. The van der Waals surface area contributed by atoms with Gasteiger partial charge in [-0.3, -0.25) is 0 Å². The SMILES string of the molecule is COCCCN(C)c1ncnc(OC)c1N. The predicted molar refractivity (Wildman–Crippen MR) is 62.8 cm³/mol. The largest absolute Gasteiger partial charge is 0.479 e. The maximum Gasteiger partial charge on any atom is 0.242 e. The van der Waals surface area contributed by atoms with Gasteiger partial charge in [0.05, 0.1) is 7.11 Å². The third-order valence-corrected chi connectivity index (χ3v) is 2.22. The summed E-state index contributed by atoms with van der Waals surface area (Å²) in [5.41, 5.74) is 6.34. The van der Waals surface area contributed by atoms with E-state index in [0.717, 1.165) is 13.0 Å². The zero-order chi connectivity index (χ0) is 12.0. The normalized spacial score (nSPS) is 10.2. The molecule has 1 rings (SSSR count). The highest BCUT2D eigenvalue weighted by Gasteiger charge is 2.11. The maximum absolute atomic E-state index is 5.88. The van der Waals surface area contributed by atoms with Crippen LogP contribution in [0.4, 0.5) is 11.5 Å². The minimum absolute atomic E-state index is 0.406. The number of anilines is 2. The Kier molecular flexibility index (Phi) is 4.78. The molecule has 0 unspecified atom stereocenters. The van der Waals surface area contributed by atoms with Crippen LogP contribution in [0.5, 0.6) is 5.88 Å². The van der Waals surface area contributed by atoms with Crippen LogP contribution in [0.25, 0.3) is 0 Å². The highest BCUT2D eigenvalue weighted by molar-refractivity contribution is 5.67. The lowest BCUT2D eigenvalue weighted by Gasteiger charge is -2.19. The van der Waals surface area contributed by atoms with Crippen LogP contribution in [0, 0.1) is 0 Å². The summed E-state index contributed by atoms with van der Waals surface area (Å²) in [6.45, 7) is 1.53. The Labute approximate surface area is 95.4 Å². The summed E-state index contributed by atoms with van der Waals surface area (Å²) < 4.78 is 10.0. The van der Waals surface area contributed by atoms with Crippen molar-refractivity contribution in [3.05, 3.63) is 6.33 Å². The van der Waals surface area contributed by atoms with Crippen LogP contribution in [-0.4, -0.2) is 44.4 Å². The van der Waals surface area contributed by atoms with Crippen LogP contribution < -0.4 is 15.4 Å². The number of hydrogen-bond acceptors (Lipinski definition) is 6. The molecule has 0 radical (unpaired) electrons. The summed E-state index contributed by atoms with van der Waals surface area (Å²) in [5.74, 6) is 1.09. The number of nitrogen functional groups attached to an aromatic ring is 1. The quantitative estimate of drug-likeness (QED) is 0.714. The summed E-state index contributed by atoms with van der Waals surface area (Å²) >= 11 is 0. The molecule has 16 heavy (non-hydrogen) atoms. The lowest BCUT2D eigenvalue weighted by Crippen LogP contribution is -2.22. The van der Waals surface area contributed by atoms with Gasteiger partial charge >= 0.3 is 0 Å². The van der Waals surface area contributed by atoms with E-state index in [9.17, 15) is 0 Å². The molecule has 0 aliphatic carbocycles. The summed E-state index contributed by atoms with van der Waals surface area (Å²) in [6, 6.07) is 0. The highest BCUT2D eigenvalue weighted by Crippen LogP contribution is 2.26. The minimum Gasteiger partial charge on any atom is -0.479 e. The Morgan fingerprint density at radius 2 is 2.12 bits per heavy atom. The summed E-state index contributed by atoms with van der Waals surface area (Å²) in [7, 11) is 5.14. The van der Waals surface area contributed by atoms with Crippen molar-refractivity contribution < 1.29 is 9.47 Å². The van der Waals surface area contributed by atoms with E-state index in [4.69, 9.17) is 15.2 Å². The van der Waals surface area contributed by atoms with Crippen molar-refractivity contribution in [3.63, 3.8) is 0 Å². The zero-order valence-corrected chi connectivity index (χ0v) is 9.93. The van der Waals surface area contributed by atoms with Gasteiger partial charge < -0.3 is 20.1 Å².